The van der Waals surface area contributed by atoms with Crippen LogP contribution >= 0.6 is 23.1 Å². The minimum Gasteiger partial charge on any atom is -0.325 e. The van der Waals surface area contributed by atoms with Crippen molar-refractivity contribution in [2.24, 2.45) is 0 Å². The molecule has 0 aliphatic rings. The van der Waals surface area contributed by atoms with Gasteiger partial charge in [0, 0.05) is 12.2 Å². The van der Waals surface area contributed by atoms with E-state index < -0.39 is 0 Å². The number of aryl methyl sites for hydroxylation is 2. The summed E-state index contributed by atoms with van der Waals surface area (Å²) in [6.45, 7) is 8.72. The number of aromatic nitrogens is 3. The van der Waals surface area contributed by atoms with Gasteiger partial charge in [0.15, 0.2) is 11.0 Å². The lowest BCUT2D eigenvalue weighted by Gasteiger charge is -2.14. The van der Waals surface area contributed by atoms with Crippen LogP contribution in [0.4, 0.5) is 5.69 Å². The summed E-state index contributed by atoms with van der Waals surface area (Å²) in [6.07, 6.45) is 0. The topological polar surface area (TPSA) is 59.8 Å². The summed E-state index contributed by atoms with van der Waals surface area (Å²) < 4.78 is 2.05. The number of thiophene rings is 1. The van der Waals surface area contributed by atoms with Crippen LogP contribution in [0.3, 0.4) is 0 Å². The molecule has 0 saturated heterocycles. The lowest BCUT2D eigenvalue weighted by Crippen LogP contribution is -2.23. The Hall–Kier alpha value is -2.12. The van der Waals surface area contributed by atoms with Crippen molar-refractivity contribution < 1.29 is 4.79 Å². The van der Waals surface area contributed by atoms with Crippen LogP contribution in [0.25, 0.3) is 10.7 Å². The summed E-state index contributed by atoms with van der Waals surface area (Å²) in [6, 6.07) is 10.1. The van der Waals surface area contributed by atoms with E-state index in [2.05, 4.69) is 27.0 Å². The highest BCUT2D eigenvalue weighted by Gasteiger charge is 2.21. The van der Waals surface area contributed by atoms with Gasteiger partial charge in [0.25, 0.3) is 0 Å². The summed E-state index contributed by atoms with van der Waals surface area (Å²) in [7, 11) is 0. The van der Waals surface area contributed by atoms with Gasteiger partial charge in [-0.1, -0.05) is 30.0 Å². The summed E-state index contributed by atoms with van der Waals surface area (Å²) in [5.74, 6) is 0.819. The lowest BCUT2D eigenvalue weighted by molar-refractivity contribution is -0.115. The van der Waals surface area contributed by atoms with Gasteiger partial charge in [-0.2, -0.15) is 0 Å². The van der Waals surface area contributed by atoms with Gasteiger partial charge < -0.3 is 9.88 Å². The third-order valence-electron chi connectivity index (χ3n) is 4.08. The molecule has 1 aromatic carbocycles. The molecule has 136 valence electrons. The second kappa shape index (κ2) is 8.05. The number of carbonyl (C=O) groups excluding carboxylic acids is 1. The van der Waals surface area contributed by atoms with Crippen LogP contribution in [-0.4, -0.2) is 25.9 Å². The van der Waals surface area contributed by atoms with Gasteiger partial charge in [0.1, 0.15) is 0 Å². The van der Waals surface area contributed by atoms with Crippen molar-refractivity contribution in [3.63, 3.8) is 0 Å². The number of hydrogen-bond acceptors (Lipinski definition) is 5. The Labute approximate surface area is 161 Å². The maximum absolute atomic E-state index is 12.6. The van der Waals surface area contributed by atoms with E-state index in [9.17, 15) is 4.79 Å². The van der Waals surface area contributed by atoms with Crippen LogP contribution in [0.2, 0.25) is 0 Å². The summed E-state index contributed by atoms with van der Waals surface area (Å²) in [4.78, 5) is 13.7. The quantitative estimate of drug-likeness (QED) is 0.620. The molecule has 0 radical (unpaired) electrons. The number of anilines is 1. The fraction of sp³-hybridized carbons (Fsp3) is 0.316. The van der Waals surface area contributed by atoms with Crippen molar-refractivity contribution in [2.45, 2.75) is 44.6 Å². The van der Waals surface area contributed by atoms with Crippen LogP contribution in [0.15, 0.2) is 40.9 Å². The highest BCUT2D eigenvalue weighted by Crippen LogP contribution is 2.29. The summed E-state index contributed by atoms with van der Waals surface area (Å²) in [5, 5.41) is 14.2. The third kappa shape index (κ3) is 3.99. The average Bonchev–Trinajstić information content (AvgIpc) is 3.27. The number of nitrogens with zero attached hydrogens (tertiary/aromatic N) is 3. The van der Waals surface area contributed by atoms with Crippen molar-refractivity contribution in [1.29, 1.82) is 0 Å². The minimum absolute atomic E-state index is 0.0352. The van der Waals surface area contributed by atoms with Gasteiger partial charge in [0.05, 0.1) is 10.1 Å². The fourth-order valence-corrected chi connectivity index (χ4v) is 4.20. The van der Waals surface area contributed by atoms with Crippen molar-refractivity contribution in [3.05, 3.63) is 46.8 Å². The van der Waals surface area contributed by atoms with E-state index >= 15 is 0 Å². The van der Waals surface area contributed by atoms with Crippen molar-refractivity contribution >= 4 is 34.7 Å². The van der Waals surface area contributed by atoms with Gasteiger partial charge in [-0.15, -0.1) is 21.5 Å². The first kappa shape index (κ1) is 18.7. The molecule has 7 heteroatoms. The molecule has 0 aliphatic carbocycles. The van der Waals surface area contributed by atoms with Crippen molar-refractivity contribution in [3.8, 4) is 10.7 Å². The third-order valence-corrected chi connectivity index (χ3v) is 6.02. The van der Waals surface area contributed by atoms with E-state index in [4.69, 9.17) is 0 Å². The van der Waals surface area contributed by atoms with Crippen LogP contribution in [0, 0.1) is 13.8 Å². The van der Waals surface area contributed by atoms with E-state index in [0.717, 1.165) is 39.2 Å². The van der Waals surface area contributed by atoms with E-state index in [-0.39, 0.29) is 11.2 Å². The van der Waals surface area contributed by atoms with Gasteiger partial charge >= 0.3 is 0 Å². The molecule has 1 N–H and O–H groups in total. The number of nitrogens with one attached hydrogen (secondary N) is 1. The molecular formula is C19H22N4OS2. The largest absolute Gasteiger partial charge is 0.325 e. The molecule has 2 aromatic heterocycles. The first-order valence-electron chi connectivity index (χ1n) is 8.51. The molecule has 1 atom stereocenters. The summed E-state index contributed by atoms with van der Waals surface area (Å²) in [5.41, 5.74) is 3.04. The molecule has 5 nitrogen and oxygen atoms in total. The van der Waals surface area contributed by atoms with Gasteiger partial charge in [-0.3, -0.25) is 4.79 Å². The Morgan fingerprint density at radius 3 is 2.81 bits per heavy atom. The number of rotatable bonds is 6. The predicted molar refractivity (Wildman–Crippen MR) is 109 cm³/mol. The molecule has 3 aromatic rings. The predicted octanol–water partition coefficient (Wildman–Crippen LogP) is 4.76. The Bertz CT molecular complexity index is 902. The molecule has 0 saturated carbocycles. The van der Waals surface area contributed by atoms with E-state index in [1.165, 1.54) is 11.8 Å². The van der Waals surface area contributed by atoms with E-state index in [1.807, 2.05) is 56.5 Å². The highest BCUT2D eigenvalue weighted by atomic mass is 32.2. The lowest BCUT2D eigenvalue weighted by atomic mass is 10.1. The molecule has 0 fully saturated rings. The summed E-state index contributed by atoms with van der Waals surface area (Å²) >= 11 is 3.07. The Morgan fingerprint density at radius 2 is 2.12 bits per heavy atom. The van der Waals surface area contributed by atoms with E-state index in [0.29, 0.717) is 0 Å². The fourth-order valence-electron chi connectivity index (χ4n) is 2.57. The molecule has 26 heavy (non-hydrogen) atoms. The van der Waals surface area contributed by atoms with Gasteiger partial charge in [-0.25, -0.2) is 0 Å². The zero-order chi connectivity index (χ0) is 18.7. The number of benzene rings is 1. The molecule has 0 spiro atoms. The molecule has 2 heterocycles. The van der Waals surface area contributed by atoms with Gasteiger partial charge in [0.2, 0.25) is 5.91 Å². The molecule has 1 amide bonds. The van der Waals surface area contributed by atoms with Crippen LogP contribution in [0.1, 0.15) is 25.0 Å². The van der Waals surface area contributed by atoms with Crippen molar-refractivity contribution in [2.75, 3.05) is 5.32 Å². The second-order valence-corrected chi connectivity index (χ2v) is 8.35. The van der Waals surface area contributed by atoms with Crippen LogP contribution in [0.5, 0.6) is 0 Å². The molecule has 0 bridgehead atoms. The maximum Gasteiger partial charge on any atom is 0.237 e. The minimum atomic E-state index is -0.277. The van der Waals surface area contributed by atoms with Crippen molar-refractivity contribution in [1.82, 2.24) is 14.8 Å². The molecular weight excluding hydrogens is 364 g/mol. The second-order valence-electron chi connectivity index (χ2n) is 6.10. The molecule has 3 rings (SSSR count). The standard InChI is InChI=1S/C19H22N4OS2/c1-5-23-17(16-7-6-10-25-16)21-22-19(23)26-14(4)18(24)20-15-11-12(2)8-9-13(15)3/h6-11,14H,5H2,1-4H3,(H,20,24)/t14-/m1/s1. The SMILES string of the molecule is CCn1c(S[C@H](C)C(=O)Nc2cc(C)ccc2C)nnc1-c1cccs1. The molecule has 0 aliphatic heterocycles. The number of carbonyl (C=O) groups is 1. The van der Waals surface area contributed by atoms with E-state index in [1.54, 1.807) is 11.3 Å². The normalized spacial score (nSPS) is 12.2. The Balaban J connectivity index is 1.74. The first-order valence-corrected chi connectivity index (χ1v) is 10.3. The monoisotopic (exact) mass is 386 g/mol. The Morgan fingerprint density at radius 1 is 1.31 bits per heavy atom. The zero-order valence-electron chi connectivity index (χ0n) is 15.3. The van der Waals surface area contributed by atoms with Gasteiger partial charge in [-0.05, 0) is 56.3 Å². The maximum atomic E-state index is 12.6. The zero-order valence-corrected chi connectivity index (χ0v) is 16.9. The smallest absolute Gasteiger partial charge is 0.237 e. The number of hydrogen-bond donors (Lipinski definition) is 1. The average molecular weight is 387 g/mol. The number of thioether (sulfide) groups is 1. The number of amides is 1. The van der Waals surface area contributed by atoms with Crippen LogP contribution in [-0.2, 0) is 11.3 Å². The molecule has 0 unspecified atom stereocenters. The van der Waals surface area contributed by atoms with Crippen LogP contribution < -0.4 is 5.32 Å². The Kier molecular flexibility index (Phi) is 5.78. The first-order chi connectivity index (χ1) is 12.5. The highest BCUT2D eigenvalue weighted by molar-refractivity contribution is 8.00.